The van der Waals surface area contributed by atoms with Gasteiger partial charge in [-0.3, -0.25) is 14.9 Å². The van der Waals surface area contributed by atoms with E-state index in [9.17, 15) is 14.9 Å². The standard InChI is InChI=1S/C19H18N4O5S/c1-12-6-5-7-14(10-12)27-11-17-21-22-19(28-17)29-13(2)18(24)20-15-8-3-4-9-16(15)23(25)26/h3-10,13H,11H2,1-2H3,(H,20,24)/t13-/m0/s1. The van der Waals surface area contributed by atoms with Crippen LogP contribution in [0.25, 0.3) is 0 Å². The zero-order valence-electron chi connectivity index (χ0n) is 15.7. The van der Waals surface area contributed by atoms with Crippen molar-refractivity contribution in [3.05, 3.63) is 70.1 Å². The van der Waals surface area contributed by atoms with E-state index in [-0.39, 0.29) is 29.1 Å². The van der Waals surface area contributed by atoms with E-state index < -0.39 is 16.1 Å². The summed E-state index contributed by atoms with van der Waals surface area (Å²) >= 11 is 1.05. The number of nitrogens with one attached hydrogen (secondary N) is 1. The second kappa shape index (κ2) is 9.20. The first-order valence-corrected chi connectivity index (χ1v) is 9.53. The summed E-state index contributed by atoms with van der Waals surface area (Å²) in [4.78, 5) is 22.9. The van der Waals surface area contributed by atoms with Gasteiger partial charge in [-0.25, -0.2) is 0 Å². The van der Waals surface area contributed by atoms with E-state index in [4.69, 9.17) is 9.15 Å². The molecule has 0 fully saturated rings. The molecule has 0 spiro atoms. The van der Waals surface area contributed by atoms with Crippen LogP contribution in [0.3, 0.4) is 0 Å². The number of ether oxygens (including phenoxy) is 1. The lowest BCUT2D eigenvalue weighted by Gasteiger charge is -2.10. The number of carbonyl (C=O) groups is 1. The van der Waals surface area contributed by atoms with Gasteiger partial charge in [-0.1, -0.05) is 36.0 Å². The minimum absolute atomic E-state index is 0.105. The third-order valence-corrected chi connectivity index (χ3v) is 4.74. The molecule has 1 N–H and O–H groups in total. The lowest BCUT2D eigenvalue weighted by Crippen LogP contribution is -2.22. The van der Waals surface area contributed by atoms with Gasteiger partial charge in [0.1, 0.15) is 11.4 Å². The maximum Gasteiger partial charge on any atom is 0.292 e. The average molecular weight is 414 g/mol. The van der Waals surface area contributed by atoms with E-state index >= 15 is 0 Å². The van der Waals surface area contributed by atoms with E-state index in [0.717, 1.165) is 17.3 Å². The Bertz CT molecular complexity index is 1020. The van der Waals surface area contributed by atoms with Crippen molar-refractivity contribution in [2.24, 2.45) is 0 Å². The molecule has 3 rings (SSSR count). The van der Waals surface area contributed by atoms with Gasteiger partial charge in [0.05, 0.1) is 10.2 Å². The molecule has 2 aromatic carbocycles. The fraction of sp³-hybridized carbons (Fsp3) is 0.211. The summed E-state index contributed by atoms with van der Waals surface area (Å²) in [6.45, 7) is 3.71. The molecule has 0 aliphatic carbocycles. The molecular formula is C19H18N4O5S. The second-order valence-electron chi connectivity index (χ2n) is 6.09. The summed E-state index contributed by atoms with van der Waals surface area (Å²) in [5.74, 6) is 0.551. The van der Waals surface area contributed by atoms with Crippen molar-refractivity contribution in [1.82, 2.24) is 10.2 Å². The van der Waals surface area contributed by atoms with Crippen molar-refractivity contribution in [2.75, 3.05) is 5.32 Å². The highest BCUT2D eigenvalue weighted by Gasteiger charge is 2.21. The molecule has 0 radical (unpaired) electrons. The van der Waals surface area contributed by atoms with Crippen LogP contribution in [0.5, 0.6) is 5.75 Å². The van der Waals surface area contributed by atoms with E-state index in [1.807, 2.05) is 31.2 Å². The quantitative estimate of drug-likeness (QED) is 0.334. The van der Waals surface area contributed by atoms with Crippen LogP contribution in [0.1, 0.15) is 18.4 Å². The summed E-state index contributed by atoms with van der Waals surface area (Å²) in [5, 5.41) is 21.0. The first-order chi connectivity index (χ1) is 13.9. The number of hydrogen-bond acceptors (Lipinski definition) is 8. The summed E-state index contributed by atoms with van der Waals surface area (Å²) in [5.41, 5.74) is 1.03. The van der Waals surface area contributed by atoms with Crippen molar-refractivity contribution in [3.8, 4) is 5.75 Å². The van der Waals surface area contributed by atoms with Gasteiger partial charge in [0.2, 0.25) is 5.91 Å². The van der Waals surface area contributed by atoms with Crippen molar-refractivity contribution in [2.45, 2.75) is 30.9 Å². The van der Waals surface area contributed by atoms with Crippen LogP contribution in [-0.4, -0.2) is 26.3 Å². The normalized spacial score (nSPS) is 11.7. The maximum absolute atomic E-state index is 12.4. The fourth-order valence-electron chi connectivity index (χ4n) is 2.37. The Hall–Kier alpha value is -3.40. The number of nitro groups is 1. The minimum Gasteiger partial charge on any atom is -0.484 e. The largest absolute Gasteiger partial charge is 0.484 e. The van der Waals surface area contributed by atoms with Crippen molar-refractivity contribution < 1.29 is 18.9 Å². The SMILES string of the molecule is Cc1cccc(OCc2nnc(S[C@@H](C)C(=O)Nc3ccccc3[N+](=O)[O-])o2)c1. The van der Waals surface area contributed by atoms with Crippen molar-refractivity contribution >= 4 is 29.0 Å². The predicted octanol–water partition coefficient (Wildman–Crippen LogP) is 3.98. The molecule has 9 nitrogen and oxygen atoms in total. The molecule has 10 heteroatoms. The Kier molecular flexibility index (Phi) is 6.45. The molecule has 0 unspecified atom stereocenters. The summed E-state index contributed by atoms with van der Waals surface area (Å²) in [6, 6.07) is 13.5. The minimum atomic E-state index is -0.610. The highest BCUT2D eigenvalue weighted by molar-refractivity contribution is 8.00. The van der Waals surface area contributed by atoms with Gasteiger partial charge in [-0.15, -0.1) is 10.2 Å². The smallest absolute Gasteiger partial charge is 0.292 e. The number of nitrogens with zero attached hydrogens (tertiary/aromatic N) is 3. The first kappa shape index (κ1) is 20.3. The zero-order chi connectivity index (χ0) is 20.8. The van der Waals surface area contributed by atoms with Crippen LogP contribution in [-0.2, 0) is 11.4 Å². The molecule has 150 valence electrons. The Morgan fingerprint density at radius 3 is 2.83 bits per heavy atom. The lowest BCUT2D eigenvalue weighted by molar-refractivity contribution is -0.383. The Balaban J connectivity index is 1.56. The number of hydrogen-bond donors (Lipinski definition) is 1. The van der Waals surface area contributed by atoms with Gasteiger partial charge < -0.3 is 14.5 Å². The summed E-state index contributed by atoms with van der Waals surface area (Å²) in [7, 11) is 0. The Morgan fingerprint density at radius 1 is 1.28 bits per heavy atom. The van der Waals surface area contributed by atoms with E-state index in [1.54, 1.807) is 13.0 Å². The van der Waals surface area contributed by atoms with Gasteiger partial charge in [-0.2, -0.15) is 0 Å². The van der Waals surface area contributed by atoms with Gasteiger partial charge in [0.15, 0.2) is 6.61 Å². The first-order valence-electron chi connectivity index (χ1n) is 8.65. The van der Waals surface area contributed by atoms with Crippen LogP contribution in [0.4, 0.5) is 11.4 Å². The van der Waals surface area contributed by atoms with Crippen LogP contribution < -0.4 is 10.1 Å². The number of amides is 1. The molecule has 0 saturated heterocycles. The Morgan fingerprint density at radius 2 is 2.07 bits per heavy atom. The topological polar surface area (TPSA) is 120 Å². The number of carbonyl (C=O) groups excluding carboxylic acids is 1. The summed E-state index contributed by atoms with van der Waals surface area (Å²) in [6.07, 6.45) is 0. The number of nitro benzene ring substituents is 1. The fourth-order valence-corrected chi connectivity index (χ4v) is 3.07. The highest BCUT2D eigenvalue weighted by atomic mass is 32.2. The predicted molar refractivity (Wildman–Crippen MR) is 107 cm³/mol. The number of aryl methyl sites for hydroxylation is 1. The number of benzene rings is 2. The lowest BCUT2D eigenvalue weighted by atomic mass is 10.2. The van der Waals surface area contributed by atoms with Crippen LogP contribution >= 0.6 is 11.8 Å². The highest BCUT2D eigenvalue weighted by Crippen LogP contribution is 2.27. The van der Waals surface area contributed by atoms with Gasteiger partial charge in [0.25, 0.3) is 16.8 Å². The molecule has 0 aliphatic rings. The number of anilines is 1. The number of rotatable bonds is 8. The molecule has 1 amide bonds. The number of para-hydroxylation sites is 2. The molecule has 1 aromatic heterocycles. The van der Waals surface area contributed by atoms with Gasteiger partial charge >= 0.3 is 0 Å². The van der Waals surface area contributed by atoms with Crippen LogP contribution in [0, 0.1) is 17.0 Å². The molecule has 0 saturated carbocycles. The average Bonchev–Trinajstić information content (AvgIpc) is 3.14. The molecular weight excluding hydrogens is 396 g/mol. The molecule has 0 bridgehead atoms. The van der Waals surface area contributed by atoms with E-state index in [1.165, 1.54) is 18.2 Å². The second-order valence-corrected chi connectivity index (χ2v) is 7.38. The number of thioether (sulfide) groups is 1. The van der Waals surface area contributed by atoms with Crippen molar-refractivity contribution in [3.63, 3.8) is 0 Å². The molecule has 1 heterocycles. The van der Waals surface area contributed by atoms with Crippen LogP contribution in [0.15, 0.2) is 58.2 Å². The third-order valence-electron chi connectivity index (χ3n) is 3.81. The summed E-state index contributed by atoms with van der Waals surface area (Å²) < 4.78 is 11.1. The van der Waals surface area contributed by atoms with Gasteiger partial charge in [0, 0.05) is 6.07 Å². The Labute approximate surface area is 170 Å². The van der Waals surface area contributed by atoms with Crippen LogP contribution in [0.2, 0.25) is 0 Å². The molecule has 3 aromatic rings. The van der Waals surface area contributed by atoms with Crippen molar-refractivity contribution in [1.29, 1.82) is 0 Å². The van der Waals surface area contributed by atoms with Gasteiger partial charge in [-0.05, 0) is 37.6 Å². The molecule has 29 heavy (non-hydrogen) atoms. The maximum atomic E-state index is 12.4. The van der Waals surface area contributed by atoms with E-state index in [2.05, 4.69) is 15.5 Å². The van der Waals surface area contributed by atoms with E-state index in [0.29, 0.717) is 5.75 Å². The molecule has 1 atom stereocenters. The number of aromatic nitrogens is 2. The monoisotopic (exact) mass is 414 g/mol. The third kappa shape index (κ3) is 5.55. The molecule has 0 aliphatic heterocycles. The zero-order valence-corrected chi connectivity index (χ0v) is 16.5.